The van der Waals surface area contributed by atoms with Gasteiger partial charge >= 0.3 is 0 Å². The Hall–Kier alpha value is -3.92. The van der Waals surface area contributed by atoms with Gasteiger partial charge in [0.1, 0.15) is 11.8 Å². The lowest BCUT2D eigenvalue weighted by atomic mass is 9.79. The topological polar surface area (TPSA) is 71.5 Å². The molecule has 6 nitrogen and oxygen atoms in total. The minimum absolute atomic E-state index is 0.0302. The van der Waals surface area contributed by atoms with Crippen LogP contribution in [0.5, 0.6) is 5.75 Å². The van der Waals surface area contributed by atoms with Gasteiger partial charge in [-0.3, -0.25) is 14.5 Å². The number of allylic oxidation sites excluding steroid dienone is 1. The quantitative estimate of drug-likeness (QED) is 0.196. The minimum atomic E-state index is -0.510. The number of rotatable bonds is 6. The lowest BCUT2D eigenvalue weighted by molar-refractivity contribution is -0.117. The molecule has 1 amide bonds. The largest absolute Gasteiger partial charge is 0.497 e. The number of anilines is 2. The molecule has 0 radical (unpaired) electrons. The summed E-state index contributed by atoms with van der Waals surface area (Å²) in [6.45, 7) is 0. The molecule has 1 aliphatic heterocycles. The van der Waals surface area contributed by atoms with Gasteiger partial charge in [-0.05, 0) is 65.7 Å². The van der Waals surface area contributed by atoms with E-state index < -0.39 is 6.04 Å². The monoisotopic (exact) mass is 609 g/mol. The third-order valence-corrected chi connectivity index (χ3v) is 10.8. The number of hydrogen-bond acceptors (Lipinski definition) is 8. The van der Waals surface area contributed by atoms with Gasteiger partial charge in [-0.2, -0.15) is 0 Å². The smallest absolute Gasteiger partial charge is 0.238 e. The number of Topliss-reactive ketones (excluding diaryl/α,β-unsaturated/α-hetero) is 1. The van der Waals surface area contributed by atoms with Crippen molar-refractivity contribution in [1.29, 1.82) is 0 Å². The van der Waals surface area contributed by atoms with Crippen LogP contribution in [0, 0.1) is 0 Å². The summed E-state index contributed by atoms with van der Waals surface area (Å²) in [4.78, 5) is 35.9. The molecular formula is C33H27N3O3S3. The summed E-state index contributed by atoms with van der Waals surface area (Å²) in [5.74, 6) is 1.03. The summed E-state index contributed by atoms with van der Waals surface area (Å²) >= 11 is 4.61. The number of para-hydroxylation sites is 3. The highest BCUT2D eigenvalue weighted by Gasteiger charge is 2.42. The van der Waals surface area contributed by atoms with Crippen molar-refractivity contribution in [2.75, 3.05) is 23.1 Å². The number of benzene rings is 3. The number of hydrogen-bond donors (Lipinski definition) is 1. The first-order valence-corrected chi connectivity index (χ1v) is 16.4. The Bertz CT molecular complexity index is 1780. The fraction of sp³-hybridized carbons (Fsp3) is 0.182. The van der Waals surface area contributed by atoms with E-state index in [2.05, 4.69) is 5.32 Å². The predicted octanol–water partition coefficient (Wildman–Crippen LogP) is 8.06. The number of thiazole rings is 1. The molecule has 9 heteroatoms. The number of methoxy groups -OCH3 is 1. The molecule has 2 aromatic heterocycles. The summed E-state index contributed by atoms with van der Waals surface area (Å²) in [6.07, 6.45) is 1.06. The van der Waals surface area contributed by atoms with Gasteiger partial charge in [-0.1, -0.05) is 54.2 Å². The van der Waals surface area contributed by atoms with Crippen molar-refractivity contribution in [3.05, 3.63) is 112 Å². The van der Waals surface area contributed by atoms with Crippen molar-refractivity contribution in [3.8, 4) is 5.75 Å². The Balaban J connectivity index is 1.27. The fourth-order valence-electron chi connectivity index (χ4n) is 5.80. The van der Waals surface area contributed by atoms with Crippen LogP contribution in [0.3, 0.4) is 0 Å². The second-order valence-electron chi connectivity index (χ2n) is 10.3. The first kappa shape index (κ1) is 26.9. The van der Waals surface area contributed by atoms with Crippen molar-refractivity contribution >= 4 is 67.7 Å². The second-order valence-corrected chi connectivity index (χ2v) is 13.5. The number of thioether (sulfide) groups is 1. The van der Waals surface area contributed by atoms with E-state index in [1.807, 2.05) is 95.2 Å². The minimum Gasteiger partial charge on any atom is -0.497 e. The molecule has 1 aliphatic carbocycles. The van der Waals surface area contributed by atoms with Crippen LogP contribution >= 0.6 is 34.4 Å². The summed E-state index contributed by atoms with van der Waals surface area (Å²) in [5.41, 5.74) is 5.19. The van der Waals surface area contributed by atoms with Gasteiger partial charge in [0.2, 0.25) is 5.91 Å². The Morgan fingerprint density at radius 3 is 2.62 bits per heavy atom. The maximum atomic E-state index is 14.2. The Morgan fingerprint density at radius 1 is 1.02 bits per heavy atom. The molecule has 0 saturated carbocycles. The van der Waals surface area contributed by atoms with Gasteiger partial charge in [0.15, 0.2) is 10.1 Å². The van der Waals surface area contributed by atoms with Crippen LogP contribution in [0.2, 0.25) is 0 Å². The maximum absolute atomic E-state index is 14.2. The van der Waals surface area contributed by atoms with Crippen LogP contribution in [0.25, 0.3) is 10.2 Å². The van der Waals surface area contributed by atoms with Gasteiger partial charge in [0, 0.05) is 22.6 Å². The first-order valence-electron chi connectivity index (χ1n) is 13.7. The molecule has 3 heterocycles. The third kappa shape index (κ3) is 5.02. The van der Waals surface area contributed by atoms with Crippen molar-refractivity contribution in [2.24, 2.45) is 0 Å². The number of nitrogens with zero attached hydrogens (tertiary/aromatic N) is 2. The van der Waals surface area contributed by atoms with Gasteiger partial charge in [-0.25, -0.2) is 4.98 Å². The van der Waals surface area contributed by atoms with E-state index in [-0.39, 0.29) is 23.4 Å². The lowest BCUT2D eigenvalue weighted by Crippen LogP contribution is -2.39. The summed E-state index contributed by atoms with van der Waals surface area (Å²) in [5, 5.41) is 5.62. The molecule has 5 aromatic rings. The molecule has 0 bridgehead atoms. The van der Waals surface area contributed by atoms with Gasteiger partial charge in [-0.15, -0.1) is 22.7 Å². The molecule has 0 saturated heterocycles. The van der Waals surface area contributed by atoms with Crippen LogP contribution in [0.1, 0.15) is 35.2 Å². The highest BCUT2D eigenvalue weighted by Crippen LogP contribution is 2.48. The van der Waals surface area contributed by atoms with E-state index in [0.29, 0.717) is 18.4 Å². The number of ketones is 1. The number of fused-ring (bicyclic) bond motifs is 2. The average molecular weight is 610 g/mol. The maximum Gasteiger partial charge on any atom is 0.238 e. The zero-order valence-electron chi connectivity index (χ0n) is 22.8. The Labute approximate surface area is 256 Å². The number of nitrogens with one attached hydrogen (secondary N) is 1. The van der Waals surface area contributed by atoms with Gasteiger partial charge in [0.05, 0.1) is 34.5 Å². The van der Waals surface area contributed by atoms with Crippen LogP contribution in [-0.4, -0.2) is 29.5 Å². The van der Waals surface area contributed by atoms with E-state index in [1.54, 1.807) is 29.8 Å². The third-order valence-electron chi connectivity index (χ3n) is 7.75. The molecule has 2 aliphatic rings. The molecule has 210 valence electrons. The predicted molar refractivity (Wildman–Crippen MR) is 172 cm³/mol. The molecule has 1 N–H and O–H groups in total. The van der Waals surface area contributed by atoms with E-state index in [1.165, 1.54) is 11.8 Å². The van der Waals surface area contributed by atoms with E-state index in [9.17, 15) is 9.59 Å². The number of carbonyl (C=O) groups is 2. The van der Waals surface area contributed by atoms with Crippen molar-refractivity contribution in [2.45, 2.75) is 29.1 Å². The number of thiophene rings is 1. The number of ether oxygens (including phenoxy) is 1. The highest BCUT2D eigenvalue weighted by molar-refractivity contribution is 8.01. The fourth-order valence-corrected chi connectivity index (χ4v) is 8.55. The zero-order chi connectivity index (χ0) is 28.6. The highest BCUT2D eigenvalue weighted by atomic mass is 32.2. The number of aromatic nitrogens is 1. The zero-order valence-corrected chi connectivity index (χ0v) is 25.2. The molecule has 2 atom stereocenters. The van der Waals surface area contributed by atoms with Crippen molar-refractivity contribution in [3.63, 3.8) is 0 Å². The normalized spacial score (nSPS) is 18.3. The van der Waals surface area contributed by atoms with E-state index >= 15 is 0 Å². The Morgan fingerprint density at radius 2 is 1.83 bits per heavy atom. The van der Waals surface area contributed by atoms with Crippen LogP contribution in [0.15, 0.2) is 106 Å². The van der Waals surface area contributed by atoms with E-state index in [0.717, 1.165) is 47.8 Å². The summed E-state index contributed by atoms with van der Waals surface area (Å²) in [7, 11) is 1.65. The van der Waals surface area contributed by atoms with E-state index in [4.69, 9.17) is 9.72 Å². The number of carbonyl (C=O) groups excluding carboxylic acids is 2. The average Bonchev–Trinajstić information content (AvgIpc) is 3.67. The first-order chi connectivity index (χ1) is 20.6. The van der Waals surface area contributed by atoms with Gasteiger partial charge in [0.25, 0.3) is 0 Å². The summed E-state index contributed by atoms with van der Waals surface area (Å²) in [6, 6.07) is 27.3. The molecule has 0 spiro atoms. The van der Waals surface area contributed by atoms with Crippen molar-refractivity contribution in [1.82, 2.24) is 4.98 Å². The van der Waals surface area contributed by atoms with Crippen LogP contribution < -0.4 is 15.0 Å². The van der Waals surface area contributed by atoms with Gasteiger partial charge < -0.3 is 10.1 Å². The molecule has 0 unspecified atom stereocenters. The molecule has 0 fully saturated rings. The molecule has 3 aromatic carbocycles. The molecule has 42 heavy (non-hydrogen) atoms. The van der Waals surface area contributed by atoms with Crippen LogP contribution in [-0.2, 0) is 9.59 Å². The Kier molecular flexibility index (Phi) is 7.31. The summed E-state index contributed by atoms with van der Waals surface area (Å²) < 4.78 is 7.30. The van der Waals surface area contributed by atoms with Crippen molar-refractivity contribution < 1.29 is 14.3 Å². The molecular weight excluding hydrogens is 583 g/mol. The standard InChI is InChI=1S/C33H27N3O3S3/c1-39-22-14-12-20(13-15-22)21-17-25-31(27(37)18-21)32(29-11-6-16-40-29)36(26-9-4-2-7-23(26)34-25)30(38)19-41-33-35-24-8-3-5-10-28(24)42-33/h2-16,21,32,34H,17-19H2,1H3/t21-,32-/m0/s1. The molecule has 7 rings (SSSR count). The van der Waals surface area contributed by atoms with Crippen LogP contribution in [0.4, 0.5) is 11.4 Å². The SMILES string of the molecule is COc1ccc([C@@H]2CC(=O)C3=C(C2)Nc2ccccc2N(C(=O)CSc2nc4ccccc4s2)[C@H]3c2cccs2)cc1. The lowest BCUT2D eigenvalue weighted by Gasteiger charge is -2.34. The number of amides is 1. The second kappa shape index (κ2) is 11.4.